The topological polar surface area (TPSA) is 12.4 Å². The van der Waals surface area contributed by atoms with Crippen LogP contribution in [0.25, 0.3) is 0 Å². The number of aliphatic imine (C=N–C) groups is 1. The molecule has 0 aliphatic heterocycles. The van der Waals surface area contributed by atoms with Gasteiger partial charge in [0.2, 0.25) is 0 Å². The standard InChI is InChI=1S/C7H6NS2/c1-5-3-7(8-4-9)10-6(5)2/h1-2H3. The van der Waals surface area contributed by atoms with Crippen molar-refractivity contribution >= 4 is 33.7 Å². The lowest BCUT2D eigenvalue weighted by atomic mass is 10.3. The molecule has 0 N–H and O–H groups in total. The first-order chi connectivity index (χ1) is 4.74. The van der Waals surface area contributed by atoms with Crippen LogP contribution in [0.1, 0.15) is 10.4 Å². The summed E-state index contributed by atoms with van der Waals surface area (Å²) in [5, 5.41) is 3.14. The van der Waals surface area contributed by atoms with E-state index in [0.717, 1.165) is 10.6 Å². The zero-order valence-corrected chi connectivity index (χ0v) is 7.40. The average Bonchev–Trinajstić information content (AvgIpc) is 2.14. The molecule has 1 rings (SSSR count). The minimum Gasteiger partial charge on any atom is -0.183 e. The second-order valence-electron chi connectivity index (χ2n) is 1.92. The van der Waals surface area contributed by atoms with Crippen molar-refractivity contribution in [1.82, 2.24) is 0 Å². The molecule has 0 aromatic carbocycles. The molecule has 0 saturated carbocycles. The average molecular weight is 168 g/mol. The van der Waals surface area contributed by atoms with E-state index in [0.29, 0.717) is 0 Å². The normalized spacial score (nSPS) is 9.00. The number of aryl methyl sites for hydroxylation is 2. The second kappa shape index (κ2) is 3.06. The highest BCUT2D eigenvalue weighted by Gasteiger charge is 1.98. The van der Waals surface area contributed by atoms with Gasteiger partial charge in [0.05, 0.1) is 5.16 Å². The van der Waals surface area contributed by atoms with E-state index in [-0.39, 0.29) is 0 Å². The molecule has 0 amide bonds. The van der Waals surface area contributed by atoms with Gasteiger partial charge in [-0.2, -0.15) is 4.99 Å². The van der Waals surface area contributed by atoms with Gasteiger partial charge in [-0.3, -0.25) is 0 Å². The Hall–Kier alpha value is -0.500. The van der Waals surface area contributed by atoms with Crippen molar-refractivity contribution in [2.75, 3.05) is 0 Å². The lowest BCUT2D eigenvalue weighted by Crippen LogP contribution is -1.62. The first kappa shape index (κ1) is 7.61. The maximum atomic E-state index is 4.46. The fourth-order valence-electron chi connectivity index (χ4n) is 0.588. The Morgan fingerprint density at radius 2 is 2.30 bits per heavy atom. The predicted molar refractivity (Wildman–Crippen MR) is 47.3 cm³/mol. The van der Waals surface area contributed by atoms with E-state index < -0.39 is 0 Å². The van der Waals surface area contributed by atoms with Gasteiger partial charge < -0.3 is 0 Å². The van der Waals surface area contributed by atoms with E-state index >= 15 is 0 Å². The number of isothiocyanates is 1. The Labute approximate surface area is 69.4 Å². The molecule has 51 valence electrons. The Kier molecular flexibility index (Phi) is 2.33. The van der Waals surface area contributed by atoms with E-state index in [1.807, 2.05) is 13.8 Å². The van der Waals surface area contributed by atoms with Crippen molar-refractivity contribution < 1.29 is 0 Å². The van der Waals surface area contributed by atoms with Crippen molar-refractivity contribution in [3.63, 3.8) is 0 Å². The molecule has 0 unspecified atom stereocenters. The Morgan fingerprint density at radius 1 is 1.60 bits per heavy atom. The largest absolute Gasteiger partial charge is 0.183 e. The zero-order chi connectivity index (χ0) is 7.56. The summed E-state index contributed by atoms with van der Waals surface area (Å²) in [5.74, 6) is 0. The van der Waals surface area contributed by atoms with Gasteiger partial charge in [0.15, 0.2) is 0 Å². The molecule has 0 atom stereocenters. The van der Waals surface area contributed by atoms with Crippen LogP contribution in [-0.2, 0) is 0 Å². The summed E-state index contributed by atoms with van der Waals surface area (Å²) in [6.45, 7) is 4.05. The molecule has 0 aliphatic rings. The fourth-order valence-corrected chi connectivity index (χ4v) is 1.53. The summed E-state index contributed by atoms with van der Waals surface area (Å²) in [6.07, 6.45) is 0. The minimum atomic E-state index is 0.824. The number of thiocarbonyl (C=S) groups is 1. The highest BCUT2D eigenvalue weighted by molar-refractivity contribution is 7.78. The number of rotatable bonds is 1. The molecular formula is C7H6NS2. The monoisotopic (exact) mass is 168 g/mol. The number of thiophene rings is 1. The van der Waals surface area contributed by atoms with E-state index in [4.69, 9.17) is 0 Å². The summed E-state index contributed by atoms with van der Waals surface area (Å²) in [4.78, 5) is 5.06. The first-order valence-electron chi connectivity index (χ1n) is 2.81. The van der Waals surface area contributed by atoms with Crippen LogP contribution in [0.2, 0.25) is 0 Å². The number of hydrogen-bond acceptors (Lipinski definition) is 3. The molecular weight excluding hydrogens is 162 g/mol. The van der Waals surface area contributed by atoms with Crippen LogP contribution in [0.4, 0.5) is 5.00 Å². The third-order valence-corrected chi connectivity index (χ3v) is 2.31. The maximum Gasteiger partial charge on any atom is 0.135 e. The van der Waals surface area contributed by atoms with Gasteiger partial charge in [-0.15, -0.1) is 11.3 Å². The third kappa shape index (κ3) is 1.51. The van der Waals surface area contributed by atoms with Crippen LogP contribution >= 0.6 is 23.6 Å². The molecule has 0 spiro atoms. The van der Waals surface area contributed by atoms with Crippen molar-refractivity contribution in [3.8, 4) is 0 Å². The van der Waals surface area contributed by atoms with Crippen LogP contribution in [0.3, 0.4) is 0 Å². The van der Waals surface area contributed by atoms with Crippen LogP contribution in [-0.4, -0.2) is 5.16 Å². The molecule has 1 nitrogen and oxygen atoms in total. The predicted octanol–water partition coefficient (Wildman–Crippen LogP) is 2.90. The molecule has 1 aromatic heterocycles. The van der Waals surface area contributed by atoms with Gasteiger partial charge in [0, 0.05) is 10.9 Å². The van der Waals surface area contributed by atoms with Gasteiger partial charge in [0.25, 0.3) is 0 Å². The molecule has 0 fully saturated rings. The number of nitrogens with zero attached hydrogens (tertiary/aromatic N) is 1. The van der Waals surface area contributed by atoms with E-state index in [1.165, 1.54) is 4.88 Å². The van der Waals surface area contributed by atoms with Gasteiger partial charge in [-0.1, -0.05) is 0 Å². The summed E-state index contributed by atoms with van der Waals surface area (Å²) < 4.78 is 0. The summed E-state index contributed by atoms with van der Waals surface area (Å²) in [5.41, 5.74) is 1.15. The van der Waals surface area contributed by atoms with Crippen LogP contribution < -0.4 is 0 Å². The molecule has 1 aromatic rings. The van der Waals surface area contributed by atoms with Gasteiger partial charge in [-0.05, 0) is 31.6 Å². The molecule has 1 radical (unpaired) electrons. The van der Waals surface area contributed by atoms with Crippen LogP contribution in [0.15, 0.2) is 4.99 Å². The minimum absolute atomic E-state index is 0.824. The molecule has 0 aliphatic carbocycles. The Morgan fingerprint density at radius 3 is 2.70 bits per heavy atom. The summed E-state index contributed by atoms with van der Waals surface area (Å²) in [6, 6.07) is 3.07. The SMILES string of the molecule is Cc1[c]c(N=C=S)sc1C. The van der Waals surface area contributed by atoms with Crippen molar-refractivity contribution in [2.24, 2.45) is 4.99 Å². The lowest BCUT2D eigenvalue weighted by molar-refractivity contribution is 1.43. The zero-order valence-electron chi connectivity index (χ0n) is 5.76. The molecule has 3 heteroatoms. The van der Waals surface area contributed by atoms with Crippen LogP contribution in [0, 0.1) is 19.9 Å². The quantitative estimate of drug-likeness (QED) is 0.464. The first-order valence-corrected chi connectivity index (χ1v) is 4.03. The van der Waals surface area contributed by atoms with Crippen LogP contribution in [0.5, 0.6) is 0 Å². The van der Waals surface area contributed by atoms with Crippen molar-refractivity contribution in [3.05, 3.63) is 16.5 Å². The lowest BCUT2D eigenvalue weighted by Gasteiger charge is -1.78. The van der Waals surface area contributed by atoms with Gasteiger partial charge in [-0.25, -0.2) is 0 Å². The fraction of sp³-hybridized carbons (Fsp3) is 0.286. The van der Waals surface area contributed by atoms with E-state index in [2.05, 4.69) is 28.4 Å². The second-order valence-corrected chi connectivity index (χ2v) is 3.30. The molecule has 10 heavy (non-hydrogen) atoms. The summed E-state index contributed by atoms with van der Waals surface area (Å²) >= 11 is 6.04. The highest BCUT2D eigenvalue weighted by Crippen LogP contribution is 2.26. The molecule has 1 heterocycles. The highest BCUT2D eigenvalue weighted by atomic mass is 32.1. The number of hydrogen-bond donors (Lipinski definition) is 0. The van der Waals surface area contributed by atoms with E-state index in [1.54, 1.807) is 11.3 Å². The Balaban J connectivity index is 3.09. The smallest absolute Gasteiger partial charge is 0.135 e. The molecule has 0 bridgehead atoms. The molecule has 0 saturated heterocycles. The van der Waals surface area contributed by atoms with Crippen molar-refractivity contribution in [2.45, 2.75) is 13.8 Å². The van der Waals surface area contributed by atoms with E-state index in [9.17, 15) is 0 Å². The van der Waals surface area contributed by atoms with Crippen molar-refractivity contribution in [1.29, 1.82) is 0 Å². The summed E-state index contributed by atoms with van der Waals surface area (Å²) in [7, 11) is 0. The van der Waals surface area contributed by atoms with Gasteiger partial charge >= 0.3 is 0 Å². The third-order valence-electron chi connectivity index (χ3n) is 1.22. The van der Waals surface area contributed by atoms with Gasteiger partial charge in [0.1, 0.15) is 5.00 Å². The maximum absolute atomic E-state index is 4.46. The Bertz CT molecular complexity index is 262.